The molecule has 2 heterocycles. The van der Waals surface area contributed by atoms with Gasteiger partial charge in [0.1, 0.15) is 5.76 Å². The fraction of sp³-hybridized carbons (Fsp3) is 0.500. The van der Waals surface area contributed by atoms with Crippen LogP contribution in [0.5, 0.6) is 0 Å². The van der Waals surface area contributed by atoms with Gasteiger partial charge in [-0.15, -0.1) is 0 Å². The van der Waals surface area contributed by atoms with Gasteiger partial charge in [-0.1, -0.05) is 0 Å². The smallest absolute Gasteiger partial charge is 0.124 e. The van der Waals surface area contributed by atoms with Crippen LogP contribution in [0.15, 0.2) is 21.2 Å². The summed E-state index contributed by atoms with van der Waals surface area (Å²) >= 11 is 3.37. The summed E-state index contributed by atoms with van der Waals surface area (Å²) in [7, 11) is 0. The third-order valence-electron chi connectivity index (χ3n) is 2.16. The van der Waals surface area contributed by atoms with E-state index in [-0.39, 0.29) is 12.0 Å². The molecule has 0 aliphatic carbocycles. The van der Waals surface area contributed by atoms with E-state index < -0.39 is 0 Å². The molecule has 1 aromatic heterocycles. The monoisotopic (exact) mass is 231 g/mol. The number of aliphatic hydroxyl groups excluding tert-OH is 1. The van der Waals surface area contributed by atoms with Crippen LogP contribution < -0.4 is 5.32 Å². The first-order valence-corrected chi connectivity index (χ1v) is 4.70. The lowest BCUT2D eigenvalue weighted by Gasteiger charge is -2.10. The van der Waals surface area contributed by atoms with Crippen LogP contribution in [-0.2, 0) is 0 Å². The van der Waals surface area contributed by atoms with Gasteiger partial charge in [-0.2, -0.15) is 0 Å². The summed E-state index contributed by atoms with van der Waals surface area (Å²) in [6.45, 7) is 1.44. The summed E-state index contributed by atoms with van der Waals surface area (Å²) in [5.74, 6) is 0.932. The number of β-amino-alcohol motifs (C(OH)–C–C–N with tert-alkyl or cyclic N) is 1. The molecule has 0 radical (unpaired) electrons. The van der Waals surface area contributed by atoms with Gasteiger partial charge in [0.25, 0.3) is 0 Å². The molecule has 2 N–H and O–H groups in total. The average Bonchev–Trinajstić information content (AvgIpc) is 2.59. The van der Waals surface area contributed by atoms with Gasteiger partial charge in [0, 0.05) is 13.1 Å². The molecule has 0 saturated carbocycles. The second-order valence-corrected chi connectivity index (χ2v) is 3.82. The second kappa shape index (κ2) is 3.20. The molecule has 1 fully saturated rings. The maximum Gasteiger partial charge on any atom is 0.124 e. The number of nitrogens with one attached hydrogen (secondary N) is 1. The van der Waals surface area contributed by atoms with Gasteiger partial charge >= 0.3 is 0 Å². The molecule has 2 rings (SSSR count). The standard InChI is InChI=1S/C8H10BrNO2/c9-6-1-2-12-8(6)5-3-10-4-7(5)11/h1-2,5,7,10-11H,3-4H2/t5-,7-/m1/s1. The quantitative estimate of drug-likeness (QED) is 0.761. The first-order valence-electron chi connectivity index (χ1n) is 3.90. The summed E-state index contributed by atoms with van der Waals surface area (Å²) in [6, 6.07) is 1.85. The van der Waals surface area contributed by atoms with Crippen molar-refractivity contribution >= 4 is 15.9 Å². The van der Waals surface area contributed by atoms with Crippen molar-refractivity contribution in [2.24, 2.45) is 0 Å². The van der Waals surface area contributed by atoms with E-state index in [1.807, 2.05) is 6.07 Å². The Hall–Kier alpha value is -0.320. The first-order chi connectivity index (χ1) is 5.79. The average molecular weight is 232 g/mol. The van der Waals surface area contributed by atoms with Crippen molar-refractivity contribution in [1.29, 1.82) is 0 Å². The Labute approximate surface area is 78.9 Å². The number of hydrogen-bond acceptors (Lipinski definition) is 3. The van der Waals surface area contributed by atoms with Gasteiger partial charge in [0.05, 0.1) is 22.8 Å². The number of halogens is 1. The Balaban J connectivity index is 2.24. The molecule has 4 heteroatoms. The van der Waals surface area contributed by atoms with E-state index in [1.54, 1.807) is 6.26 Å². The summed E-state index contributed by atoms with van der Waals surface area (Å²) < 4.78 is 6.21. The van der Waals surface area contributed by atoms with Crippen molar-refractivity contribution in [1.82, 2.24) is 5.32 Å². The molecular formula is C8H10BrNO2. The molecule has 0 amide bonds. The Morgan fingerprint density at radius 1 is 1.58 bits per heavy atom. The van der Waals surface area contributed by atoms with Gasteiger partial charge in [0.15, 0.2) is 0 Å². The first kappa shape index (κ1) is 8.29. The number of aliphatic hydroxyl groups is 1. The lowest BCUT2D eigenvalue weighted by atomic mass is 10.0. The van der Waals surface area contributed by atoms with Gasteiger partial charge in [-0.3, -0.25) is 0 Å². The normalized spacial score (nSPS) is 29.5. The Morgan fingerprint density at radius 2 is 2.42 bits per heavy atom. The van der Waals surface area contributed by atoms with Crippen molar-refractivity contribution < 1.29 is 9.52 Å². The minimum atomic E-state index is -0.326. The van der Waals surface area contributed by atoms with E-state index in [1.165, 1.54) is 0 Å². The van der Waals surface area contributed by atoms with Crippen molar-refractivity contribution in [3.63, 3.8) is 0 Å². The van der Waals surface area contributed by atoms with Crippen molar-refractivity contribution in [3.05, 3.63) is 22.6 Å². The number of furan rings is 1. The summed E-state index contributed by atoms with van der Waals surface area (Å²) in [5, 5.41) is 12.6. The molecule has 0 unspecified atom stereocenters. The molecule has 66 valence electrons. The van der Waals surface area contributed by atoms with Gasteiger partial charge < -0.3 is 14.8 Å². The van der Waals surface area contributed by atoms with Crippen molar-refractivity contribution in [2.75, 3.05) is 13.1 Å². The molecule has 3 nitrogen and oxygen atoms in total. The molecule has 0 bridgehead atoms. The van der Waals surface area contributed by atoms with Crippen LogP contribution in [0.1, 0.15) is 11.7 Å². The predicted molar refractivity (Wildman–Crippen MR) is 48.0 cm³/mol. The minimum absolute atomic E-state index is 0.0920. The fourth-order valence-corrected chi connectivity index (χ4v) is 2.00. The van der Waals surface area contributed by atoms with E-state index in [2.05, 4.69) is 21.2 Å². The highest BCUT2D eigenvalue weighted by Gasteiger charge is 2.30. The molecule has 1 saturated heterocycles. The summed E-state index contributed by atoms with van der Waals surface area (Å²) in [4.78, 5) is 0. The highest BCUT2D eigenvalue weighted by Crippen LogP contribution is 2.30. The van der Waals surface area contributed by atoms with E-state index in [0.29, 0.717) is 6.54 Å². The maximum absolute atomic E-state index is 9.54. The van der Waals surface area contributed by atoms with E-state index in [9.17, 15) is 5.11 Å². The van der Waals surface area contributed by atoms with Gasteiger partial charge in [-0.05, 0) is 22.0 Å². The molecule has 12 heavy (non-hydrogen) atoms. The van der Waals surface area contributed by atoms with Crippen molar-refractivity contribution in [2.45, 2.75) is 12.0 Å². The van der Waals surface area contributed by atoms with Crippen LogP contribution in [0.4, 0.5) is 0 Å². The minimum Gasteiger partial charge on any atom is -0.468 e. The Kier molecular flexibility index (Phi) is 2.21. The topological polar surface area (TPSA) is 45.4 Å². The van der Waals surface area contributed by atoms with E-state index >= 15 is 0 Å². The molecule has 2 atom stereocenters. The number of rotatable bonds is 1. The zero-order chi connectivity index (χ0) is 8.55. The molecule has 0 spiro atoms. The van der Waals surface area contributed by atoms with Crippen LogP contribution >= 0.6 is 15.9 Å². The predicted octanol–water partition coefficient (Wildman–Crippen LogP) is 1.09. The Bertz CT molecular complexity index is 274. The highest BCUT2D eigenvalue weighted by atomic mass is 79.9. The van der Waals surface area contributed by atoms with Crippen molar-refractivity contribution in [3.8, 4) is 0 Å². The SMILES string of the molecule is O[C@@H]1CNC[C@H]1c1occc1Br. The molecule has 1 aromatic rings. The van der Waals surface area contributed by atoms with Crippen LogP contribution in [-0.4, -0.2) is 24.3 Å². The lowest BCUT2D eigenvalue weighted by Crippen LogP contribution is -2.15. The van der Waals surface area contributed by atoms with Gasteiger partial charge in [-0.25, -0.2) is 0 Å². The zero-order valence-electron chi connectivity index (χ0n) is 6.46. The maximum atomic E-state index is 9.54. The third-order valence-corrected chi connectivity index (χ3v) is 2.82. The summed E-state index contributed by atoms with van der Waals surface area (Å²) in [6.07, 6.45) is 1.30. The zero-order valence-corrected chi connectivity index (χ0v) is 8.04. The fourth-order valence-electron chi connectivity index (χ4n) is 1.50. The highest BCUT2D eigenvalue weighted by molar-refractivity contribution is 9.10. The van der Waals surface area contributed by atoms with Crippen LogP contribution in [0.3, 0.4) is 0 Å². The molecular weight excluding hydrogens is 222 g/mol. The van der Waals surface area contributed by atoms with E-state index in [0.717, 1.165) is 16.8 Å². The second-order valence-electron chi connectivity index (χ2n) is 2.96. The molecule has 1 aliphatic heterocycles. The summed E-state index contributed by atoms with van der Waals surface area (Å²) in [5.41, 5.74) is 0. The Morgan fingerprint density at radius 3 is 2.92 bits per heavy atom. The third kappa shape index (κ3) is 1.30. The van der Waals surface area contributed by atoms with Crippen LogP contribution in [0.2, 0.25) is 0 Å². The number of hydrogen-bond donors (Lipinski definition) is 2. The molecule has 1 aliphatic rings. The van der Waals surface area contributed by atoms with E-state index in [4.69, 9.17) is 4.42 Å². The largest absolute Gasteiger partial charge is 0.468 e. The molecule has 0 aromatic carbocycles. The van der Waals surface area contributed by atoms with Crippen LogP contribution in [0.25, 0.3) is 0 Å². The van der Waals surface area contributed by atoms with Gasteiger partial charge in [0.2, 0.25) is 0 Å². The lowest BCUT2D eigenvalue weighted by molar-refractivity contribution is 0.168. The van der Waals surface area contributed by atoms with Crippen LogP contribution in [0, 0.1) is 0 Å².